The second kappa shape index (κ2) is 4.97. The third-order valence-corrected chi connectivity index (χ3v) is 4.39. The number of nitrogens with two attached hydrogens (primary N) is 1. The van der Waals surface area contributed by atoms with Crippen LogP contribution in [0.15, 0.2) is 24.3 Å². The molecular formula is C16H22N2O. The summed E-state index contributed by atoms with van der Waals surface area (Å²) in [5, 5.41) is 0. The molecule has 3 heteroatoms. The molecular weight excluding hydrogens is 236 g/mol. The maximum Gasteiger partial charge on any atom is 0.223 e. The Morgan fingerprint density at radius 3 is 2.68 bits per heavy atom. The van der Waals surface area contributed by atoms with Crippen LogP contribution in [-0.4, -0.2) is 23.4 Å². The zero-order valence-corrected chi connectivity index (χ0v) is 11.5. The van der Waals surface area contributed by atoms with Gasteiger partial charge in [0, 0.05) is 19.0 Å². The number of likely N-dealkylation sites (N-methyl/N-ethyl adjacent to an activating group) is 1. The van der Waals surface area contributed by atoms with Crippen LogP contribution in [0.25, 0.3) is 0 Å². The highest BCUT2D eigenvalue weighted by molar-refractivity contribution is 5.78. The largest absolute Gasteiger partial charge is 0.334 e. The van der Waals surface area contributed by atoms with Gasteiger partial charge in [-0.1, -0.05) is 24.3 Å². The molecule has 0 spiro atoms. The van der Waals surface area contributed by atoms with Crippen molar-refractivity contribution in [2.45, 2.75) is 50.6 Å². The van der Waals surface area contributed by atoms with E-state index in [0.717, 1.165) is 18.9 Å². The average molecular weight is 258 g/mol. The molecule has 1 saturated carbocycles. The van der Waals surface area contributed by atoms with E-state index >= 15 is 0 Å². The van der Waals surface area contributed by atoms with Crippen LogP contribution in [0, 0.1) is 0 Å². The lowest BCUT2D eigenvalue weighted by molar-refractivity contribution is -0.137. The molecule has 1 heterocycles. The van der Waals surface area contributed by atoms with E-state index in [4.69, 9.17) is 5.73 Å². The molecule has 0 bridgehead atoms. The van der Waals surface area contributed by atoms with Crippen LogP contribution in [-0.2, 0) is 4.79 Å². The first-order valence-corrected chi connectivity index (χ1v) is 7.35. The lowest BCUT2D eigenvalue weighted by Crippen LogP contribution is -2.48. The van der Waals surface area contributed by atoms with Gasteiger partial charge in [-0.15, -0.1) is 0 Å². The molecule has 0 aromatic heterocycles. The fourth-order valence-electron chi connectivity index (χ4n) is 3.19. The van der Waals surface area contributed by atoms with Gasteiger partial charge in [-0.05, 0) is 43.2 Å². The van der Waals surface area contributed by atoms with E-state index in [9.17, 15) is 4.79 Å². The number of benzene rings is 1. The third-order valence-electron chi connectivity index (χ3n) is 4.39. The molecule has 19 heavy (non-hydrogen) atoms. The third kappa shape index (κ3) is 2.39. The number of likely N-dealkylation sites (tertiary alicyclic amines) is 1. The van der Waals surface area contributed by atoms with Crippen LogP contribution < -0.4 is 5.73 Å². The van der Waals surface area contributed by atoms with E-state index in [-0.39, 0.29) is 18.0 Å². The number of nitrogens with zero attached hydrogens (tertiary/aromatic N) is 1. The molecule has 1 amide bonds. The van der Waals surface area contributed by atoms with E-state index in [0.29, 0.717) is 6.42 Å². The van der Waals surface area contributed by atoms with Gasteiger partial charge in [0.1, 0.15) is 0 Å². The first-order chi connectivity index (χ1) is 9.20. The Kier molecular flexibility index (Phi) is 3.31. The predicted molar refractivity (Wildman–Crippen MR) is 75.8 cm³/mol. The van der Waals surface area contributed by atoms with Gasteiger partial charge in [0.25, 0.3) is 0 Å². The van der Waals surface area contributed by atoms with Gasteiger partial charge in [-0.2, -0.15) is 0 Å². The van der Waals surface area contributed by atoms with E-state index in [1.54, 1.807) is 0 Å². The molecule has 1 saturated heterocycles. The van der Waals surface area contributed by atoms with Gasteiger partial charge in [0.2, 0.25) is 5.91 Å². The number of hydrogen-bond acceptors (Lipinski definition) is 2. The monoisotopic (exact) mass is 258 g/mol. The average Bonchev–Trinajstić information content (AvgIpc) is 3.25. The topological polar surface area (TPSA) is 46.3 Å². The minimum Gasteiger partial charge on any atom is -0.334 e. The lowest BCUT2D eigenvalue weighted by atomic mass is 9.89. The second-order valence-electron chi connectivity index (χ2n) is 5.77. The van der Waals surface area contributed by atoms with E-state index in [2.05, 4.69) is 24.3 Å². The van der Waals surface area contributed by atoms with Gasteiger partial charge >= 0.3 is 0 Å². The maximum absolute atomic E-state index is 12.1. The fraction of sp³-hybridized carbons (Fsp3) is 0.562. The summed E-state index contributed by atoms with van der Waals surface area (Å²) in [5.74, 6) is 0.983. The summed E-state index contributed by atoms with van der Waals surface area (Å²) in [7, 11) is 0. The highest BCUT2D eigenvalue weighted by Crippen LogP contribution is 2.41. The van der Waals surface area contributed by atoms with Crippen molar-refractivity contribution in [2.75, 3.05) is 6.54 Å². The molecule has 1 aromatic carbocycles. The normalized spacial score (nSPS) is 27.7. The molecule has 2 unspecified atom stereocenters. The number of carbonyl (C=O) groups is 1. The molecule has 3 nitrogen and oxygen atoms in total. The van der Waals surface area contributed by atoms with Crippen LogP contribution >= 0.6 is 0 Å². The zero-order valence-electron chi connectivity index (χ0n) is 11.5. The van der Waals surface area contributed by atoms with Gasteiger partial charge < -0.3 is 10.6 Å². The van der Waals surface area contributed by atoms with Crippen molar-refractivity contribution >= 4 is 5.91 Å². The Bertz CT molecular complexity index is 481. The van der Waals surface area contributed by atoms with E-state index in [1.165, 1.54) is 24.0 Å². The van der Waals surface area contributed by atoms with Crippen LogP contribution in [0.3, 0.4) is 0 Å². The first kappa shape index (κ1) is 12.7. The summed E-state index contributed by atoms with van der Waals surface area (Å²) >= 11 is 0. The van der Waals surface area contributed by atoms with Crippen molar-refractivity contribution in [3.8, 4) is 0 Å². The number of piperidine rings is 1. The molecule has 2 atom stereocenters. The SMILES string of the molecule is CCN1C(=O)CCC(N)C1c1cccc(C2CC2)c1. The Morgan fingerprint density at radius 1 is 1.26 bits per heavy atom. The van der Waals surface area contributed by atoms with Crippen molar-refractivity contribution in [3.63, 3.8) is 0 Å². The Labute approximate surface area is 114 Å². The molecule has 0 radical (unpaired) electrons. The maximum atomic E-state index is 12.1. The van der Waals surface area contributed by atoms with Gasteiger partial charge in [-0.25, -0.2) is 0 Å². The van der Waals surface area contributed by atoms with Crippen LogP contribution in [0.1, 0.15) is 55.7 Å². The lowest BCUT2D eigenvalue weighted by Gasteiger charge is -2.39. The highest BCUT2D eigenvalue weighted by Gasteiger charge is 2.34. The summed E-state index contributed by atoms with van der Waals surface area (Å²) in [6.45, 7) is 2.78. The molecule has 1 aromatic rings. The quantitative estimate of drug-likeness (QED) is 0.905. The minimum atomic E-state index is 0.0601. The highest BCUT2D eigenvalue weighted by atomic mass is 16.2. The van der Waals surface area contributed by atoms with Gasteiger partial charge in [0.05, 0.1) is 6.04 Å². The summed E-state index contributed by atoms with van der Waals surface area (Å²) in [4.78, 5) is 14.0. The van der Waals surface area contributed by atoms with Crippen molar-refractivity contribution in [1.29, 1.82) is 0 Å². The number of amides is 1. The standard InChI is InChI=1S/C16H22N2O/c1-2-18-15(19)9-8-14(17)16(18)13-5-3-4-12(10-13)11-6-7-11/h3-5,10-11,14,16H,2,6-9,17H2,1H3. The molecule has 2 N–H and O–H groups in total. The van der Waals surface area contributed by atoms with E-state index < -0.39 is 0 Å². The molecule has 2 aliphatic rings. The van der Waals surface area contributed by atoms with Crippen molar-refractivity contribution in [1.82, 2.24) is 4.90 Å². The van der Waals surface area contributed by atoms with Crippen molar-refractivity contribution < 1.29 is 4.79 Å². The smallest absolute Gasteiger partial charge is 0.223 e. The number of rotatable bonds is 3. The predicted octanol–water partition coefficient (Wildman–Crippen LogP) is 2.57. The second-order valence-corrected chi connectivity index (χ2v) is 5.77. The fourth-order valence-corrected chi connectivity index (χ4v) is 3.19. The van der Waals surface area contributed by atoms with Gasteiger partial charge in [-0.3, -0.25) is 4.79 Å². The number of hydrogen-bond donors (Lipinski definition) is 1. The Morgan fingerprint density at radius 2 is 2.00 bits per heavy atom. The van der Waals surface area contributed by atoms with Crippen LogP contribution in [0.4, 0.5) is 0 Å². The minimum absolute atomic E-state index is 0.0601. The van der Waals surface area contributed by atoms with Gasteiger partial charge in [0.15, 0.2) is 0 Å². The molecule has 1 aliphatic carbocycles. The Hall–Kier alpha value is -1.35. The molecule has 3 rings (SSSR count). The summed E-state index contributed by atoms with van der Waals surface area (Å²) in [6.07, 6.45) is 3.99. The summed E-state index contributed by atoms with van der Waals surface area (Å²) < 4.78 is 0. The first-order valence-electron chi connectivity index (χ1n) is 7.35. The molecule has 1 aliphatic heterocycles. The van der Waals surface area contributed by atoms with Crippen molar-refractivity contribution in [2.24, 2.45) is 5.73 Å². The number of carbonyl (C=O) groups excluding carboxylic acids is 1. The van der Waals surface area contributed by atoms with Crippen LogP contribution in [0.2, 0.25) is 0 Å². The molecule has 2 fully saturated rings. The van der Waals surface area contributed by atoms with E-state index in [1.807, 2.05) is 11.8 Å². The molecule has 102 valence electrons. The summed E-state index contributed by atoms with van der Waals surface area (Å²) in [6, 6.07) is 8.83. The summed E-state index contributed by atoms with van der Waals surface area (Å²) in [5.41, 5.74) is 8.92. The Balaban J connectivity index is 1.92. The zero-order chi connectivity index (χ0) is 13.4. The van der Waals surface area contributed by atoms with Crippen LogP contribution in [0.5, 0.6) is 0 Å². The van der Waals surface area contributed by atoms with Crippen molar-refractivity contribution in [3.05, 3.63) is 35.4 Å².